The second kappa shape index (κ2) is 8.73. The van der Waals surface area contributed by atoms with E-state index in [-0.39, 0.29) is 12.7 Å². The lowest BCUT2D eigenvalue weighted by atomic mass is 10.2. The molecule has 2 rings (SSSR count). The third-order valence-electron chi connectivity index (χ3n) is 3.16. The summed E-state index contributed by atoms with van der Waals surface area (Å²) in [5.41, 5.74) is 6.12. The number of ether oxygens (including phenoxy) is 2. The van der Waals surface area contributed by atoms with E-state index in [1.807, 2.05) is 39.0 Å². The molecule has 132 valence electrons. The quantitative estimate of drug-likeness (QED) is 0.791. The van der Waals surface area contributed by atoms with Crippen molar-refractivity contribution in [2.24, 2.45) is 0 Å². The Hall–Kier alpha value is -3.02. The predicted molar refractivity (Wildman–Crippen MR) is 94.5 cm³/mol. The SMILES string of the molecule is Cc1cccc(OCC(=O)NNC(=O)c2ccc(OC(C)C)cc2)c1. The minimum atomic E-state index is -0.449. The predicted octanol–water partition coefficient (Wildman–Crippen LogP) is 2.62. The summed E-state index contributed by atoms with van der Waals surface area (Å²) < 4.78 is 10.9. The number of aryl methyl sites for hydroxylation is 1. The smallest absolute Gasteiger partial charge is 0.276 e. The van der Waals surface area contributed by atoms with Crippen molar-refractivity contribution in [3.8, 4) is 11.5 Å². The lowest BCUT2D eigenvalue weighted by molar-refractivity contribution is -0.123. The van der Waals surface area contributed by atoms with E-state index in [1.165, 1.54) is 0 Å². The van der Waals surface area contributed by atoms with Crippen molar-refractivity contribution in [3.05, 3.63) is 59.7 Å². The van der Waals surface area contributed by atoms with E-state index >= 15 is 0 Å². The number of benzene rings is 2. The molecule has 0 aromatic heterocycles. The third-order valence-corrected chi connectivity index (χ3v) is 3.16. The highest BCUT2D eigenvalue weighted by atomic mass is 16.5. The van der Waals surface area contributed by atoms with Crippen LogP contribution in [0, 0.1) is 6.92 Å². The van der Waals surface area contributed by atoms with Gasteiger partial charge in [0.1, 0.15) is 11.5 Å². The van der Waals surface area contributed by atoms with Crippen LogP contribution in [0.1, 0.15) is 29.8 Å². The van der Waals surface area contributed by atoms with Crippen LogP contribution in [0.5, 0.6) is 11.5 Å². The minimum Gasteiger partial charge on any atom is -0.491 e. The van der Waals surface area contributed by atoms with Crippen LogP contribution in [0.25, 0.3) is 0 Å². The van der Waals surface area contributed by atoms with Gasteiger partial charge in [-0.25, -0.2) is 0 Å². The zero-order valence-corrected chi connectivity index (χ0v) is 14.5. The molecule has 0 saturated carbocycles. The van der Waals surface area contributed by atoms with Gasteiger partial charge >= 0.3 is 0 Å². The summed E-state index contributed by atoms with van der Waals surface area (Å²) in [5, 5.41) is 0. The van der Waals surface area contributed by atoms with Crippen molar-refractivity contribution in [1.29, 1.82) is 0 Å². The molecular formula is C19H22N2O4. The average Bonchev–Trinajstić information content (AvgIpc) is 2.58. The van der Waals surface area contributed by atoms with Crippen LogP contribution in [0.2, 0.25) is 0 Å². The molecule has 2 aromatic rings. The first kappa shape index (κ1) is 18.3. The van der Waals surface area contributed by atoms with Crippen LogP contribution in [0.3, 0.4) is 0 Å². The van der Waals surface area contributed by atoms with Crippen LogP contribution in [0.4, 0.5) is 0 Å². The second-order valence-electron chi connectivity index (χ2n) is 5.80. The molecule has 2 N–H and O–H groups in total. The van der Waals surface area contributed by atoms with Crippen molar-refractivity contribution in [2.45, 2.75) is 26.9 Å². The molecule has 0 unspecified atom stereocenters. The molecule has 0 fully saturated rings. The van der Waals surface area contributed by atoms with Gasteiger partial charge in [0, 0.05) is 5.56 Å². The van der Waals surface area contributed by atoms with Crippen molar-refractivity contribution < 1.29 is 19.1 Å². The number of rotatable bonds is 6. The largest absolute Gasteiger partial charge is 0.491 e. The van der Waals surface area contributed by atoms with Gasteiger partial charge in [-0.05, 0) is 62.7 Å². The zero-order chi connectivity index (χ0) is 18.2. The maximum Gasteiger partial charge on any atom is 0.276 e. The van der Waals surface area contributed by atoms with Gasteiger partial charge in [-0.1, -0.05) is 12.1 Å². The molecule has 0 spiro atoms. The van der Waals surface area contributed by atoms with Crippen molar-refractivity contribution in [1.82, 2.24) is 10.9 Å². The standard InChI is InChI=1S/C19H22N2O4/c1-13(2)25-16-9-7-15(8-10-16)19(23)21-20-18(22)12-24-17-6-4-5-14(3)11-17/h4-11,13H,12H2,1-3H3,(H,20,22)(H,21,23). The van der Waals surface area contributed by atoms with Gasteiger partial charge < -0.3 is 9.47 Å². The number of carbonyl (C=O) groups is 2. The zero-order valence-electron chi connectivity index (χ0n) is 14.5. The normalized spacial score (nSPS) is 10.2. The van der Waals surface area contributed by atoms with E-state index < -0.39 is 11.8 Å². The highest BCUT2D eigenvalue weighted by Gasteiger charge is 2.08. The lowest BCUT2D eigenvalue weighted by Crippen LogP contribution is -2.43. The van der Waals surface area contributed by atoms with E-state index in [0.717, 1.165) is 5.56 Å². The summed E-state index contributed by atoms with van der Waals surface area (Å²) in [7, 11) is 0. The third kappa shape index (κ3) is 6.18. The fourth-order valence-corrected chi connectivity index (χ4v) is 2.05. The summed E-state index contributed by atoms with van der Waals surface area (Å²) in [4.78, 5) is 23.7. The molecule has 0 atom stereocenters. The Labute approximate surface area is 147 Å². The Bertz CT molecular complexity index is 726. The molecule has 25 heavy (non-hydrogen) atoms. The number of nitrogens with one attached hydrogen (secondary N) is 2. The number of hydrazine groups is 1. The number of amides is 2. The molecule has 0 aliphatic heterocycles. The Morgan fingerprint density at radius 2 is 1.72 bits per heavy atom. The van der Waals surface area contributed by atoms with Crippen LogP contribution in [0.15, 0.2) is 48.5 Å². The molecular weight excluding hydrogens is 320 g/mol. The first-order chi connectivity index (χ1) is 11.9. The molecule has 6 nitrogen and oxygen atoms in total. The fraction of sp³-hybridized carbons (Fsp3) is 0.263. The van der Waals surface area contributed by atoms with Gasteiger partial charge in [0.2, 0.25) is 0 Å². The highest BCUT2D eigenvalue weighted by molar-refractivity contribution is 5.95. The molecule has 0 saturated heterocycles. The maximum absolute atomic E-state index is 12.0. The number of hydrogen-bond donors (Lipinski definition) is 2. The van der Waals surface area contributed by atoms with Crippen LogP contribution >= 0.6 is 0 Å². The van der Waals surface area contributed by atoms with E-state index in [4.69, 9.17) is 9.47 Å². The molecule has 0 aliphatic rings. The molecule has 0 bridgehead atoms. The fourth-order valence-electron chi connectivity index (χ4n) is 2.05. The minimum absolute atomic E-state index is 0.0624. The lowest BCUT2D eigenvalue weighted by Gasteiger charge is -2.11. The summed E-state index contributed by atoms with van der Waals surface area (Å²) >= 11 is 0. The summed E-state index contributed by atoms with van der Waals surface area (Å²) in [6.45, 7) is 5.60. The van der Waals surface area contributed by atoms with Gasteiger partial charge in [-0.2, -0.15) is 0 Å². The maximum atomic E-state index is 12.0. The molecule has 2 amide bonds. The monoisotopic (exact) mass is 342 g/mol. The van der Waals surface area contributed by atoms with Gasteiger partial charge in [0.15, 0.2) is 6.61 Å². The van der Waals surface area contributed by atoms with Crippen molar-refractivity contribution in [2.75, 3.05) is 6.61 Å². The summed E-state index contributed by atoms with van der Waals surface area (Å²) in [5.74, 6) is 0.416. The Morgan fingerprint density at radius 3 is 2.36 bits per heavy atom. The summed E-state index contributed by atoms with van der Waals surface area (Å²) in [6.07, 6.45) is 0.0624. The van der Waals surface area contributed by atoms with E-state index in [2.05, 4.69) is 10.9 Å². The average molecular weight is 342 g/mol. The van der Waals surface area contributed by atoms with E-state index in [9.17, 15) is 9.59 Å². The number of carbonyl (C=O) groups excluding carboxylic acids is 2. The highest BCUT2D eigenvalue weighted by Crippen LogP contribution is 2.14. The van der Waals surface area contributed by atoms with Crippen molar-refractivity contribution >= 4 is 11.8 Å². The first-order valence-corrected chi connectivity index (χ1v) is 7.99. The van der Waals surface area contributed by atoms with Gasteiger partial charge in [0.05, 0.1) is 6.10 Å². The van der Waals surface area contributed by atoms with E-state index in [0.29, 0.717) is 17.1 Å². The van der Waals surface area contributed by atoms with Crippen LogP contribution in [-0.4, -0.2) is 24.5 Å². The van der Waals surface area contributed by atoms with Crippen molar-refractivity contribution in [3.63, 3.8) is 0 Å². The van der Waals surface area contributed by atoms with Gasteiger partial charge in [0.25, 0.3) is 11.8 Å². The van der Waals surface area contributed by atoms with Crippen LogP contribution < -0.4 is 20.3 Å². The first-order valence-electron chi connectivity index (χ1n) is 7.99. The Kier molecular flexibility index (Phi) is 6.39. The molecule has 6 heteroatoms. The molecule has 2 aromatic carbocycles. The Morgan fingerprint density at radius 1 is 1.00 bits per heavy atom. The summed E-state index contributed by atoms with van der Waals surface area (Å²) in [6, 6.07) is 14.0. The molecule has 0 heterocycles. The topological polar surface area (TPSA) is 76.7 Å². The van der Waals surface area contributed by atoms with Gasteiger partial charge in [-0.15, -0.1) is 0 Å². The number of hydrogen-bond acceptors (Lipinski definition) is 4. The molecule has 0 radical (unpaired) electrons. The van der Waals surface area contributed by atoms with Crippen LogP contribution in [-0.2, 0) is 4.79 Å². The molecule has 0 aliphatic carbocycles. The van der Waals surface area contributed by atoms with Gasteiger partial charge in [-0.3, -0.25) is 20.4 Å². The Balaban J connectivity index is 1.78. The van der Waals surface area contributed by atoms with E-state index in [1.54, 1.807) is 30.3 Å². The second-order valence-corrected chi connectivity index (χ2v) is 5.80.